The number of ether oxygens (including phenoxy) is 2. The molecule has 0 fully saturated rings. The molecule has 5 heteroatoms. The predicted octanol–water partition coefficient (Wildman–Crippen LogP) is 6.43. The number of rotatable bonds is 12. The van der Waals surface area contributed by atoms with E-state index in [-0.39, 0.29) is 19.2 Å². The minimum atomic E-state index is -0.438. The first-order valence-electron chi connectivity index (χ1n) is 11.8. The summed E-state index contributed by atoms with van der Waals surface area (Å²) in [6, 6.07) is 17.6. The lowest BCUT2D eigenvalue weighted by Crippen LogP contribution is -2.08. The average molecular weight is 460 g/mol. The molecule has 2 aromatic carbocycles. The van der Waals surface area contributed by atoms with Gasteiger partial charge in [-0.2, -0.15) is 0 Å². The molecule has 0 bridgehead atoms. The van der Waals surface area contributed by atoms with Crippen molar-refractivity contribution in [1.82, 2.24) is 4.98 Å². The van der Waals surface area contributed by atoms with Crippen LogP contribution < -0.4 is 4.74 Å². The Balaban J connectivity index is 1.91. The monoisotopic (exact) mass is 459 g/mol. The summed E-state index contributed by atoms with van der Waals surface area (Å²) in [6.45, 7) is 8.14. The highest BCUT2D eigenvalue weighted by molar-refractivity contribution is 5.86. The van der Waals surface area contributed by atoms with Crippen LogP contribution in [0.15, 0.2) is 79.0 Å². The van der Waals surface area contributed by atoms with Crippen molar-refractivity contribution in [2.45, 2.75) is 45.6 Å². The molecular weight excluding hydrogens is 426 g/mol. The molecule has 0 aliphatic rings. The van der Waals surface area contributed by atoms with Gasteiger partial charge in [-0.15, -0.1) is 0 Å². The normalized spacial score (nSPS) is 12.4. The minimum absolute atomic E-state index is 0.0447. The number of carbonyl (C=O) groups excluding carboxylic acids is 1. The van der Waals surface area contributed by atoms with E-state index >= 15 is 0 Å². The molecule has 1 atom stereocenters. The first-order chi connectivity index (χ1) is 16.5. The molecule has 34 heavy (non-hydrogen) atoms. The largest absolute Gasteiger partial charge is 0.491 e. The second kappa shape index (κ2) is 12.7. The Kier molecular flexibility index (Phi) is 9.41. The molecule has 1 aromatic heterocycles. The van der Waals surface area contributed by atoms with Gasteiger partial charge in [-0.25, -0.2) is 0 Å². The first-order valence-corrected chi connectivity index (χ1v) is 11.8. The van der Waals surface area contributed by atoms with E-state index in [4.69, 9.17) is 14.6 Å². The molecule has 0 aliphatic heterocycles. The van der Waals surface area contributed by atoms with Crippen LogP contribution in [0.4, 0.5) is 0 Å². The van der Waals surface area contributed by atoms with Gasteiger partial charge in [-0.05, 0) is 53.8 Å². The SMILES string of the molecule is C=C(CCCC)/C(=C/C[C@H](OC(C)=O)c1ccc(OCCO)cc1)c1cnc2ccccc2c1. The number of aliphatic hydroxyl groups is 1. The molecule has 1 heterocycles. The number of hydrogen-bond donors (Lipinski definition) is 1. The number of hydrogen-bond acceptors (Lipinski definition) is 5. The van der Waals surface area contributed by atoms with Gasteiger partial charge in [0.1, 0.15) is 18.5 Å². The summed E-state index contributed by atoms with van der Waals surface area (Å²) in [5.41, 5.74) is 4.91. The van der Waals surface area contributed by atoms with E-state index in [1.165, 1.54) is 6.92 Å². The average Bonchev–Trinajstić information content (AvgIpc) is 2.85. The van der Waals surface area contributed by atoms with E-state index < -0.39 is 6.10 Å². The predicted molar refractivity (Wildman–Crippen MR) is 137 cm³/mol. The van der Waals surface area contributed by atoms with Gasteiger partial charge in [0, 0.05) is 30.5 Å². The number of allylic oxidation sites excluding steroid dienone is 2. The molecule has 0 saturated carbocycles. The maximum Gasteiger partial charge on any atom is 0.303 e. The Labute approximate surface area is 201 Å². The van der Waals surface area contributed by atoms with E-state index in [9.17, 15) is 4.79 Å². The van der Waals surface area contributed by atoms with Crippen LogP contribution in [0, 0.1) is 0 Å². The number of aromatic nitrogens is 1. The number of carbonyl (C=O) groups is 1. The van der Waals surface area contributed by atoms with Crippen molar-refractivity contribution in [3.63, 3.8) is 0 Å². The fraction of sp³-hybridized carbons (Fsp3) is 0.310. The van der Waals surface area contributed by atoms with Gasteiger partial charge in [-0.1, -0.05) is 56.3 Å². The first kappa shape index (κ1) is 25.2. The van der Waals surface area contributed by atoms with Gasteiger partial charge in [0.05, 0.1) is 12.1 Å². The third-order valence-corrected chi connectivity index (χ3v) is 5.57. The maximum absolute atomic E-state index is 11.8. The highest BCUT2D eigenvalue weighted by Gasteiger charge is 2.16. The van der Waals surface area contributed by atoms with E-state index in [1.54, 1.807) is 0 Å². The molecule has 5 nitrogen and oxygen atoms in total. The zero-order valence-corrected chi connectivity index (χ0v) is 20.0. The standard InChI is InChI=1S/C29H33NO4/c1-4-5-8-21(2)27(25-19-24-9-6-7-10-28(24)30-20-25)15-16-29(34-22(3)32)23-11-13-26(14-12-23)33-18-17-31/h6-7,9-15,19-20,29,31H,2,4-5,8,16-18H2,1,3H3/b27-15-/t29-/m0/s1. The number of para-hydroxylation sites is 1. The summed E-state index contributed by atoms with van der Waals surface area (Å²) in [4.78, 5) is 16.5. The molecule has 0 aliphatic carbocycles. The Morgan fingerprint density at radius 3 is 2.65 bits per heavy atom. The van der Waals surface area contributed by atoms with Crippen molar-refractivity contribution in [1.29, 1.82) is 0 Å². The lowest BCUT2D eigenvalue weighted by molar-refractivity contribution is -0.146. The molecule has 0 saturated heterocycles. The third kappa shape index (κ3) is 7.03. The Morgan fingerprint density at radius 1 is 1.18 bits per heavy atom. The van der Waals surface area contributed by atoms with Gasteiger partial charge >= 0.3 is 5.97 Å². The number of aliphatic hydroxyl groups excluding tert-OH is 1. The summed E-state index contributed by atoms with van der Waals surface area (Å²) < 4.78 is 11.1. The summed E-state index contributed by atoms with van der Waals surface area (Å²) in [5, 5.41) is 10.0. The maximum atomic E-state index is 11.8. The van der Waals surface area contributed by atoms with Crippen molar-refractivity contribution in [3.05, 3.63) is 90.1 Å². The molecular formula is C29H33NO4. The molecule has 0 unspecified atom stereocenters. The zero-order chi connectivity index (χ0) is 24.3. The van der Waals surface area contributed by atoms with Crippen molar-refractivity contribution in [3.8, 4) is 5.75 Å². The number of esters is 1. The Bertz CT molecular complexity index is 1130. The fourth-order valence-corrected chi connectivity index (χ4v) is 3.83. The lowest BCUT2D eigenvalue weighted by Gasteiger charge is -2.18. The second-order valence-corrected chi connectivity index (χ2v) is 8.22. The van der Waals surface area contributed by atoms with Gasteiger partial charge in [0.2, 0.25) is 0 Å². The van der Waals surface area contributed by atoms with Crippen LogP contribution in [0.25, 0.3) is 16.5 Å². The van der Waals surface area contributed by atoms with Gasteiger partial charge in [0.15, 0.2) is 0 Å². The van der Waals surface area contributed by atoms with E-state index in [0.717, 1.165) is 52.4 Å². The van der Waals surface area contributed by atoms with Crippen LogP contribution in [-0.2, 0) is 9.53 Å². The Morgan fingerprint density at radius 2 is 1.94 bits per heavy atom. The smallest absolute Gasteiger partial charge is 0.303 e. The lowest BCUT2D eigenvalue weighted by atomic mass is 9.93. The number of nitrogens with zero attached hydrogens (tertiary/aromatic N) is 1. The summed E-state index contributed by atoms with van der Waals surface area (Å²) in [7, 11) is 0. The minimum Gasteiger partial charge on any atom is -0.491 e. The van der Waals surface area contributed by atoms with Gasteiger partial charge in [0.25, 0.3) is 0 Å². The highest BCUT2D eigenvalue weighted by atomic mass is 16.5. The van der Waals surface area contributed by atoms with E-state index in [1.807, 2.05) is 48.7 Å². The van der Waals surface area contributed by atoms with Crippen molar-refractivity contribution >= 4 is 22.4 Å². The summed E-state index contributed by atoms with van der Waals surface area (Å²) in [5.74, 6) is 0.323. The topological polar surface area (TPSA) is 68.7 Å². The summed E-state index contributed by atoms with van der Waals surface area (Å²) in [6.07, 6.45) is 7.09. The van der Waals surface area contributed by atoms with Crippen molar-refractivity contribution in [2.75, 3.05) is 13.2 Å². The molecule has 178 valence electrons. The van der Waals surface area contributed by atoms with Crippen LogP contribution in [0.1, 0.15) is 56.8 Å². The number of pyridine rings is 1. The molecule has 3 rings (SSSR count). The number of benzene rings is 2. The molecule has 3 aromatic rings. The quantitative estimate of drug-likeness (QED) is 0.250. The zero-order valence-electron chi connectivity index (χ0n) is 20.0. The van der Waals surface area contributed by atoms with Crippen molar-refractivity contribution < 1.29 is 19.4 Å². The summed E-state index contributed by atoms with van der Waals surface area (Å²) >= 11 is 0. The van der Waals surface area contributed by atoms with Gasteiger partial charge in [-0.3, -0.25) is 9.78 Å². The number of fused-ring (bicyclic) bond motifs is 1. The van der Waals surface area contributed by atoms with Gasteiger partial charge < -0.3 is 14.6 Å². The Hall–Kier alpha value is -3.44. The molecule has 0 spiro atoms. The second-order valence-electron chi connectivity index (χ2n) is 8.22. The van der Waals surface area contributed by atoms with E-state index in [2.05, 4.69) is 36.7 Å². The van der Waals surface area contributed by atoms with E-state index in [0.29, 0.717) is 12.2 Å². The molecule has 0 amide bonds. The van der Waals surface area contributed by atoms with Crippen LogP contribution in [0.2, 0.25) is 0 Å². The van der Waals surface area contributed by atoms with Crippen LogP contribution in [0.5, 0.6) is 5.75 Å². The third-order valence-electron chi connectivity index (χ3n) is 5.57. The fourth-order valence-electron chi connectivity index (χ4n) is 3.83. The van der Waals surface area contributed by atoms with Crippen LogP contribution in [0.3, 0.4) is 0 Å². The van der Waals surface area contributed by atoms with Crippen LogP contribution in [-0.4, -0.2) is 29.3 Å². The molecule has 0 radical (unpaired) electrons. The van der Waals surface area contributed by atoms with Crippen LogP contribution >= 0.6 is 0 Å². The number of unbranched alkanes of at least 4 members (excludes halogenated alkanes) is 1. The van der Waals surface area contributed by atoms with Crippen molar-refractivity contribution in [2.24, 2.45) is 0 Å². The molecule has 1 N–H and O–H groups in total. The highest BCUT2D eigenvalue weighted by Crippen LogP contribution is 2.31.